The predicted octanol–water partition coefficient (Wildman–Crippen LogP) is 0.402. The number of likely N-dealkylation sites (tertiary alicyclic amines) is 1. The maximum absolute atomic E-state index is 12.5. The maximum atomic E-state index is 12.5. The number of piperidine rings is 1. The Labute approximate surface area is 130 Å². The summed E-state index contributed by atoms with van der Waals surface area (Å²) in [5.41, 5.74) is 5.77. The minimum atomic E-state index is -0.342. The number of carbonyl (C=O) groups excluding carboxylic acids is 2. The number of carbonyl (C=O) groups is 2. The lowest BCUT2D eigenvalue weighted by atomic mass is 9.96. The van der Waals surface area contributed by atoms with Crippen LogP contribution in [0.2, 0.25) is 0 Å². The van der Waals surface area contributed by atoms with Crippen LogP contribution >= 0.6 is 11.3 Å². The van der Waals surface area contributed by atoms with Crippen molar-refractivity contribution >= 4 is 28.1 Å². The first-order valence-electron chi connectivity index (χ1n) is 7.03. The van der Waals surface area contributed by atoms with Crippen LogP contribution < -0.4 is 11.3 Å². The van der Waals surface area contributed by atoms with Crippen LogP contribution in [0.15, 0.2) is 16.4 Å². The molecule has 3 rings (SSSR count). The smallest absolute Gasteiger partial charge is 0.271 e. The Hall–Kier alpha value is -2.22. The summed E-state index contributed by atoms with van der Waals surface area (Å²) in [6.07, 6.45) is 2.42. The second-order valence-corrected chi connectivity index (χ2v) is 6.28. The third kappa shape index (κ3) is 2.39. The molecule has 0 spiro atoms. The van der Waals surface area contributed by atoms with Gasteiger partial charge < -0.3 is 10.6 Å². The van der Waals surface area contributed by atoms with Crippen LogP contribution in [0, 0.1) is 12.8 Å². The van der Waals surface area contributed by atoms with Gasteiger partial charge in [-0.2, -0.15) is 0 Å². The normalized spacial score (nSPS) is 16.1. The Kier molecular flexibility index (Phi) is 3.69. The first-order chi connectivity index (χ1) is 10.5. The van der Waals surface area contributed by atoms with Crippen molar-refractivity contribution in [2.75, 3.05) is 13.1 Å². The minimum absolute atomic E-state index is 0.0662. The van der Waals surface area contributed by atoms with E-state index in [1.54, 1.807) is 11.8 Å². The summed E-state index contributed by atoms with van der Waals surface area (Å²) in [4.78, 5) is 42.5. The van der Waals surface area contributed by atoms with E-state index in [2.05, 4.69) is 4.98 Å². The van der Waals surface area contributed by atoms with E-state index in [1.807, 2.05) is 5.38 Å². The number of amides is 2. The van der Waals surface area contributed by atoms with Gasteiger partial charge in [-0.1, -0.05) is 0 Å². The molecule has 1 fully saturated rings. The molecule has 3 heterocycles. The molecule has 2 aromatic heterocycles. The highest BCUT2D eigenvalue weighted by atomic mass is 32.1. The topological polar surface area (TPSA) is 97.8 Å². The monoisotopic (exact) mass is 320 g/mol. The lowest BCUT2D eigenvalue weighted by Crippen LogP contribution is -2.43. The first kappa shape index (κ1) is 14.7. The van der Waals surface area contributed by atoms with Gasteiger partial charge in [0.25, 0.3) is 11.5 Å². The zero-order valence-electron chi connectivity index (χ0n) is 12.1. The molecule has 2 amide bonds. The molecule has 2 aromatic rings. The molecule has 0 unspecified atom stereocenters. The average molecular weight is 320 g/mol. The zero-order chi connectivity index (χ0) is 15.9. The van der Waals surface area contributed by atoms with E-state index in [9.17, 15) is 14.4 Å². The molecule has 0 saturated carbocycles. The lowest BCUT2D eigenvalue weighted by molar-refractivity contribution is -0.123. The molecule has 0 aliphatic carbocycles. The fourth-order valence-corrected chi connectivity index (χ4v) is 3.54. The Balaban J connectivity index is 1.87. The second kappa shape index (κ2) is 5.53. The number of aryl methyl sites for hydroxylation is 1. The van der Waals surface area contributed by atoms with E-state index in [-0.39, 0.29) is 28.9 Å². The minimum Gasteiger partial charge on any atom is -0.369 e. The van der Waals surface area contributed by atoms with Gasteiger partial charge in [0, 0.05) is 36.3 Å². The zero-order valence-corrected chi connectivity index (χ0v) is 12.9. The van der Waals surface area contributed by atoms with Gasteiger partial charge in [-0.3, -0.25) is 18.8 Å². The summed E-state index contributed by atoms with van der Waals surface area (Å²) in [6.45, 7) is 2.66. The van der Waals surface area contributed by atoms with Crippen LogP contribution in [0.3, 0.4) is 0 Å². The summed E-state index contributed by atoms with van der Waals surface area (Å²) in [7, 11) is 0. The number of hydrogen-bond donors (Lipinski definition) is 1. The molecule has 2 N–H and O–H groups in total. The third-order valence-electron chi connectivity index (χ3n) is 4.03. The van der Waals surface area contributed by atoms with Crippen molar-refractivity contribution in [2.24, 2.45) is 11.7 Å². The summed E-state index contributed by atoms with van der Waals surface area (Å²) >= 11 is 1.36. The van der Waals surface area contributed by atoms with Crippen LogP contribution in [-0.2, 0) is 4.79 Å². The van der Waals surface area contributed by atoms with Crippen molar-refractivity contribution in [3.63, 3.8) is 0 Å². The standard InChI is InChI=1S/C14H16N4O3S/c1-8-7-22-14-16-6-10(13(21)18(8)14)12(20)17-4-2-9(3-5-17)11(15)19/h6-7,9H,2-5H2,1H3,(H2,15,19). The highest BCUT2D eigenvalue weighted by Crippen LogP contribution is 2.18. The van der Waals surface area contributed by atoms with Gasteiger partial charge in [0.2, 0.25) is 5.91 Å². The highest BCUT2D eigenvalue weighted by Gasteiger charge is 2.28. The quantitative estimate of drug-likeness (QED) is 0.866. The van der Waals surface area contributed by atoms with Gasteiger partial charge in [-0.25, -0.2) is 4.98 Å². The predicted molar refractivity (Wildman–Crippen MR) is 81.9 cm³/mol. The lowest BCUT2D eigenvalue weighted by Gasteiger charge is -2.30. The molecule has 1 aliphatic rings. The summed E-state index contributed by atoms with van der Waals surface area (Å²) in [6, 6.07) is 0. The number of hydrogen-bond acceptors (Lipinski definition) is 5. The van der Waals surface area contributed by atoms with Crippen LogP contribution in [0.25, 0.3) is 4.96 Å². The number of nitrogens with zero attached hydrogens (tertiary/aromatic N) is 3. The number of nitrogens with two attached hydrogens (primary N) is 1. The van der Waals surface area contributed by atoms with Crippen molar-refractivity contribution in [3.8, 4) is 0 Å². The molecular formula is C14H16N4O3S. The van der Waals surface area contributed by atoms with Gasteiger partial charge >= 0.3 is 0 Å². The molecular weight excluding hydrogens is 304 g/mol. The molecule has 8 heteroatoms. The van der Waals surface area contributed by atoms with Gasteiger partial charge in [0.05, 0.1) is 0 Å². The molecule has 0 bridgehead atoms. The average Bonchev–Trinajstić information content (AvgIpc) is 2.89. The van der Waals surface area contributed by atoms with Crippen LogP contribution in [0.1, 0.15) is 28.9 Å². The largest absolute Gasteiger partial charge is 0.369 e. The van der Waals surface area contributed by atoms with Gasteiger partial charge in [0.15, 0.2) is 4.96 Å². The number of aromatic nitrogens is 2. The number of primary amides is 1. The fraction of sp³-hybridized carbons (Fsp3) is 0.429. The van der Waals surface area contributed by atoms with Crippen molar-refractivity contribution in [2.45, 2.75) is 19.8 Å². The maximum Gasteiger partial charge on any atom is 0.271 e. The third-order valence-corrected chi connectivity index (χ3v) is 4.99. The van der Waals surface area contributed by atoms with E-state index in [0.29, 0.717) is 30.9 Å². The van der Waals surface area contributed by atoms with Crippen molar-refractivity contribution in [1.29, 1.82) is 0 Å². The Morgan fingerprint density at radius 1 is 1.36 bits per heavy atom. The second-order valence-electron chi connectivity index (χ2n) is 5.44. The molecule has 0 atom stereocenters. The van der Waals surface area contributed by atoms with Crippen molar-refractivity contribution in [1.82, 2.24) is 14.3 Å². The summed E-state index contributed by atoms with van der Waals surface area (Å²) in [5.74, 6) is -0.852. The summed E-state index contributed by atoms with van der Waals surface area (Å²) in [5, 5.41) is 1.83. The molecule has 7 nitrogen and oxygen atoms in total. The molecule has 1 aliphatic heterocycles. The molecule has 116 valence electrons. The van der Waals surface area contributed by atoms with Gasteiger partial charge in [-0.05, 0) is 19.8 Å². The molecule has 0 radical (unpaired) electrons. The van der Waals surface area contributed by atoms with Gasteiger partial charge in [-0.15, -0.1) is 11.3 Å². The number of thiazole rings is 1. The SMILES string of the molecule is Cc1csc2ncc(C(=O)N3CCC(C(N)=O)CC3)c(=O)n12. The van der Waals surface area contributed by atoms with Crippen LogP contribution in [-0.4, -0.2) is 39.2 Å². The number of rotatable bonds is 2. The van der Waals surface area contributed by atoms with Crippen LogP contribution in [0.4, 0.5) is 0 Å². The van der Waals surface area contributed by atoms with Crippen LogP contribution in [0.5, 0.6) is 0 Å². The molecule has 22 heavy (non-hydrogen) atoms. The summed E-state index contributed by atoms with van der Waals surface area (Å²) < 4.78 is 1.45. The number of fused-ring (bicyclic) bond motifs is 1. The highest BCUT2D eigenvalue weighted by molar-refractivity contribution is 7.15. The Morgan fingerprint density at radius 2 is 2.05 bits per heavy atom. The van der Waals surface area contributed by atoms with E-state index >= 15 is 0 Å². The van der Waals surface area contributed by atoms with E-state index in [0.717, 1.165) is 5.69 Å². The molecule has 0 aromatic carbocycles. The molecule has 1 saturated heterocycles. The fourth-order valence-electron chi connectivity index (χ4n) is 2.71. The van der Waals surface area contributed by atoms with Crippen molar-refractivity contribution < 1.29 is 9.59 Å². The Bertz CT molecular complexity index is 802. The van der Waals surface area contributed by atoms with Crippen molar-refractivity contribution in [3.05, 3.63) is 33.2 Å². The van der Waals surface area contributed by atoms with Gasteiger partial charge in [0.1, 0.15) is 5.56 Å². The van der Waals surface area contributed by atoms with E-state index in [1.165, 1.54) is 21.9 Å². The van der Waals surface area contributed by atoms with E-state index in [4.69, 9.17) is 5.73 Å². The first-order valence-corrected chi connectivity index (χ1v) is 7.91. The Morgan fingerprint density at radius 3 is 2.68 bits per heavy atom. The van der Waals surface area contributed by atoms with E-state index < -0.39 is 0 Å².